The second kappa shape index (κ2) is 9.43. The molecule has 196 valence electrons. The van der Waals surface area contributed by atoms with Gasteiger partial charge in [-0.15, -0.1) is 0 Å². The molecule has 2 aromatic heterocycles. The van der Waals surface area contributed by atoms with Crippen LogP contribution < -0.4 is 9.46 Å². The molecule has 10 heteroatoms. The monoisotopic (exact) mass is 537 g/mol. The number of nitrogens with zero attached hydrogens (tertiary/aromatic N) is 2. The van der Waals surface area contributed by atoms with Crippen LogP contribution in [0, 0.1) is 13.8 Å². The largest absolute Gasteiger partial charge is 0.496 e. The molecule has 5 rings (SSSR count). The number of halogens is 2. The molecule has 0 spiro atoms. The maximum atomic E-state index is 14.0. The summed E-state index contributed by atoms with van der Waals surface area (Å²) >= 11 is 0. The van der Waals surface area contributed by atoms with Gasteiger partial charge in [0.15, 0.2) is 0 Å². The third kappa shape index (κ3) is 4.38. The summed E-state index contributed by atoms with van der Waals surface area (Å²) < 4.78 is 61.7. The number of rotatable bonds is 7. The molecule has 0 radical (unpaired) electrons. The van der Waals surface area contributed by atoms with Crippen LogP contribution in [0.2, 0.25) is 0 Å². The number of fused-ring (bicyclic) bond motifs is 1. The SMILES string of the molecule is COc1ccc(C)cc1C1(C(=O)NS(=O)(=O)c2cccc3nc(C)ccc23)CC1c1cccc(C(F)F)n1. The van der Waals surface area contributed by atoms with Gasteiger partial charge in [0.05, 0.1) is 22.9 Å². The zero-order valence-electron chi connectivity index (χ0n) is 20.9. The summed E-state index contributed by atoms with van der Waals surface area (Å²) in [6, 6.07) is 17.5. The number of carbonyl (C=O) groups is 1. The van der Waals surface area contributed by atoms with Crippen molar-refractivity contribution in [3.8, 4) is 5.75 Å². The maximum Gasteiger partial charge on any atom is 0.280 e. The molecule has 7 nitrogen and oxygen atoms in total. The van der Waals surface area contributed by atoms with Crippen molar-refractivity contribution in [2.75, 3.05) is 7.11 Å². The molecule has 2 unspecified atom stereocenters. The van der Waals surface area contributed by atoms with Gasteiger partial charge >= 0.3 is 0 Å². The van der Waals surface area contributed by atoms with Crippen LogP contribution in [0.4, 0.5) is 8.78 Å². The van der Waals surface area contributed by atoms with Gasteiger partial charge in [-0.2, -0.15) is 0 Å². The number of ether oxygens (including phenoxy) is 1. The summed E-state index contributed by atoms with van der Waals surface area (Å²) in [7, 11) is -2.87. The fourth-order valence-electron chi connectivity index (χ4n) is 4.98. The van der Waals surface area contributed by atoms with E-state index in [1.807, 2.05) is 13.0 Å². The first-order chi connectivity index (χ1) is 18.1. The Morgan fingerprint density at radius 2 is 1.82 bits per heavy atom. The summed E-state index contributed by atoms with van der Waals surface area (Å²) in [4.78, 5) is 22.3. The van der Waals surface area contributed by atoms with Gasteiger partial charge in [0.1, 0.15) is 11.4 Å². The normalized spacial score (nSPS) is 18.9. The molecule has 1 aliphatic rings. The highest BCUT2D eigenvalue weighted by Gasteiger charge is 2.64. The van der Waals surface area contributed by atoms with Gasteiger partial charge in [0, 0.05) is 28.3 Å². The number of alkyl halides is 2. The Balaban J connectivity index is 1.60. The molecule has 1 fully saturated rings. The first kappa shape index (κ1) is 25.7. The predicted molar refractivity (Wildman–Crippen MR) is 138 cm³/mol. The Morgan fingerprint density at radius 3 is 2.55 bits per heavy atom. The lowest BCUT2D eigenvalue weighted by molar-refractivity contribution is -0.122. The highest BCUT2D eigenvalue weighted by Crippen LogP contribution is 2.62. The van der Waals surface area contributed by atoms with Crippen molar-refractivity contribution in [2.24, 2.45) is 0 Å². The van der Waals surface area contributed by atoms with Crippen molar-refractivity contribution in [3.63, 3.8) is 0 Å². The molecule has 38 heavy (non-hydrogen) atoms. The number of nitrogens with one attached hydrogen (secondary N) is 1. The molecule has 1 N–H and O–H groups in total. The van der Waals surface area contributed by atoms with Gasteiger partial charge in [0.25, 0.3) is 16.4 Å². The number of benzene rings is 2. The number of hydrogen-bond acceptors (Lipinski definition) is 6. The third-order valence-electron chi connectivity index (χ3n) is 6.92. The van der Waals surface area contributed by atoms with E-state index in [9.17, 15) is 22.0 Å². The lowest BCUT2D eigenvalue weighted by atomic mass is 9.89. The molecule has 0 bridgehead atoms. The summed E-state index contributed by atoms with van der Waals surface area (Å²) in [6.45, 7) is 3.63. The lowest BCUT2D eigenvalue weighted by Crippen LogP contribution is -2.40. The van der Waals surface area contributed by atoms with E-state index in [4.69, 9.17) is 4.74 Å². The van der Waals surface area contributed by atoms with Crippen molar-refractivity contribution in [3.05, 3.63) is 94.9 Å². The smallest absolute Gasteiger partial charge is 0.280 e. The van der Waals surface area contributed by atoms with Crippen LogP contribution in [0.15, 0.2) is 71.6 Å². The van der Waals surface area contributed by atoms with E-state index >= 15 is 0 Å². The van der Waals surface area contributed by atoms with Crippen molar-refractivity contribution in [2.45, 2.75) is 42.9 Å². The third-order valence-corrected chi connectivity index (χ3v) is 8.31. The fraction of sp³-hybridized carbons (Fsp3) is 0.250. The molecule has 4 aromatic rings. The molecule has 1 aliphatic carbocycles. The van der Waals surface area contributed by atoms with Gasteiger partial charge in [-0.1, -0.05) is 29.8 Å². The minimum absolute atomic E-state index is 0.0859. The topological polar surface area (TPSA) is 98.2 Å². The average molecular weight is 538 g/mol. The quantitative estimate of drug-likeness (QED) is 0.351. The Hall–Kier alpha value is -3.92. The summed E-state index contributed by atoms with van der Waals surface area (Å²) in [5, 5.41) is 0.374. The Kier molecular flexibility index (Phi) is 6.38. The lowest BCUT2D eigenvalue weighted by Gasteiger charge is -2.21. The molecular weight excluding hydrogens is 512 g/mol. The number of carbonyl (C=O) groups excluding carboxylic acids is 1. The number of hydrogen-bond donors (Lipinski definition) is 1. The van der Waals surface area contributed by atoms with E-state index in [0.717, 1.165) is 11.3 Å². The van der Waals surface area contributed by atoms with Crippen LogP contribution >= 0.6 is 0 Å². The van der Waals surface area contributed by atoms with Crippen molar-refractivity contribution in [1.29, 1.82) is 0 Å². The molecule has 0 saturated heterocycles. The summed E-state index contributed by atoms with van der Waals surface area (Å²) in [5.41, 5.74) is 0.976. The van der Waals surface area contributed by atoms with Crippen LogP contribution in [-0.2, 0) is 20.2 Å². The molecule has 0 aliphatic heterocycles. The predicted octanol–water partition coefficient (Wildman–Crippen LogP) is 5.12. The van der Waals surface area contributed by atoms with Crippen molar-refractivity contribution >= 4 is 26.8 Å². The second-order valence-corrected chi connectivity index (χ2v) is 11.1. The number of amides is 1. The number of methoxy groups -OCH3 is 1. The van der Waals surface area contributed by atoms with Crippen molar-refractivity contribution < 1.29 is 26.7 Å². The van der Waals surface area contributed by atoms with E-state index < -0.39 is 39.4 Å². The zero-order chi connectivity index (χ0) is 27.2. The Labute approximate surface area is 218 Å². The minimum Gasteiger partial charge on any atom is -0.496 e. The van der Waals surface area contributed by atoms with Crippen LogP contribution in [0.3, 0.4) is 0 Å². The average Bonchev–Trinajstić information content (AvgIpc) is 3.65. The summed E-state index contributed by atoms with van der Waals surface area (Å²) in [5.74, 6) is -1.03. The Bertz CT molecular complexity index is 1680. The van der Waals surface area contributed by atoms with Gasteiger partial charge in [0.2, 0.25) is 5.91 Å². The van der Waals surface area contributed by atoms with Crippen LogP contribution in [0.1, 0.15) is 47.0 Å². The van der Waals surface area contributed by atoms with E-state index in [1.165, 1.54) is 25.3 Å². The van der Waals surface area contributed by atoms with Crippen LogP contribution in [0.5, 0.6) is 5.75 Å². The van der Waals surface area contributed by atoms with Gasteiger partial charge < -0.3 is 4.74 Å². The Morgan fingerprint density at radius 1 is 1.05 bits per heavy atom. The van der Waals surface area contributed by atoms with Gasteiger partial charge in [-0.3, -0.25) is 14.8 Å². The van der Waals surface area contributed by atoms with E-state index in [1.54, 1.807) is 49.4 Å². The first-order valence-corrected chi connectivity index (χ1v) is 13.4. The van der Waals surface area contributed by atoms with Crippen molar-refractivity contribution in [1.82, 2.24) is 14.7 Å². The summed E-state index contributed by atoms with van der Waals surface area (Å²) in [6.07, 6.45) is -2.61. The first-order valence-electron chi connectivity index (χ1n) is 11.9. The van der Waals surface area contributed by atoms with E-state index in [0.29, 0.717) is 22.2 Å². The second-order valence-electron chi connectivity index (χ2n) is 9.43. The molecule has 2 heterocycles. The molecular formula is C28H25F2N3O4S. The van der Waals surface area contributed by atoms with E-state index in [-0.39, 0.29) is 17.0 Å². The minimum atomic E-state index is -4.33. The van der Waals surface area contributed by atoms with Crippen LogP contribution in [0.25, 0.3) is 10.9 Å². The standard InChI is InChI=1S/C28H25F2N3O4S/c1-16-10-13-24(37-3)19(14-16)28(15-20(28)22-7-4-8-23(32-22)26(29)30)27(34)33-38(35,36)25-9-5-6-21-18(25)12-11-17(2)31-21/h4-14,20,26H,15H2,1-3H3,(H,33,34). The molecule has 2 atom stereocenters. The molecule has 1 amide bonds. The van der Waals surface area contributed by atoms with Crippen LogP contribution in [-0.4, -0.2) is 31.4 Å². The zero-order valence-corrected chi connectivity index (χ0v) is 21.7. The highest BCUT2D eigenvalue weighted by atomic mass is 32.2. The number of sulfonamides is 1. The fourth-order valence-corrected chi connectivity index (χ4v) is 6.23. The van der Waals surface area contributed by atoms with Gasteiger partial charge in [-0.25, -0.2) is 21.9 Å². The number of aromatic nitrogens is 2. The number of pyridine rings is 2. The molecule has 2 aromatic carbocycles. The maximum absolute atomic E-state index is 14.0. The highest BCUT2D eigenvalue weighted by molar-refractivity contribution is 7.90. The van der Waals surface area contributed by atoms with E-state index in [2.05, 4.69) is 14.7 Å². The van der Waals surface area contributed by atoms with Gasteiger partial charge in [-0.05, 0) is 62.7 Å². The molecule has 1 saturated carbocycles. The number of aryl methyl sites for hydroxylation is 2.